The molecule has 12 heteroatoms. The first kappa shape index (κ1) is 27.9. The van der Waals surface area contributed by atoms with E-state index in [1.165, 1.54) is 0 Å². The number of rotatable bonds is 8. The van der Waals surface area contributed by atoms with E-state index in [2.05, 4.69) is 0 Å². The molecule has 0 aromatic carbocycles. The summed E-state index contributed by atoms with van der Waals surface area (Å²) in [6.45, 7) is -2.76. The third-order valence-corrected chi connectivity index (χ3v) is 3.34. The topological polar surface area (TPSA) is 187 Å². The van der Waals surface area contributed by atoms with Gasteiger partial charge in [0.05, 0.1) is 5.97 Å². The van der Waals surface area contributed by atoms with Gasteiger partial charge in [-0.25, -0.2) is 14.4 Å². The maximum atomic E-state index is 11.3. The molecule has 0 heterocycles. The molecule has 1 rings (SSSR count). The summed E-state index contributed by atoms with van der Waals surface area (Å²) in [5, 5.41) is 37.6. The third-order valence-electron chi connectivity index (χ3n) is 3.34. The quantitative estimate of drug-likeness (QED) is 0.245. The van der Waals surface area contributed by atoms with Crippen LogP contribution in [0.2, 0.25) is 0 Å². The molecule has 10 nitrogen and oxygen atoms in total. The molecule has 0 saturated heterocycles. The second kappa shape index (κ2) is 10.8. The van der Waals surface area contributed by atoms with Crippen LogP contribution < -0.4 is 11.3 Å². The average molecular weight is 372 g/mol. The van der Waals surface area contributed by atoms with E-state index in [1.54, 1.807) is 0 Å². The number of carbonyl (C=O) groups is 4. The fourth-order valence-electron chi connectivity index (χ4n) is 2.40. The van der Waals surface area contributed by atoms with Crippen LogP contribution in [0.5, 0.6) is 0 Å². The molecule has 1 fully saturated rings. The minimum absolute atomic E-state index is 0. The van der Waals surface area contributed by atoms with Gasteiger partial charge in [-0.05, 0) is 0 Å². The number of carboxylic acids is 4. The number of hydrogen-bond donors (Lipinski definition) is 4. The Labute approximate surface area is 211 Å². The Balaban J connectivity index is -0.00000120. The van der Waals surface area contributed by atoms with E-state index in [4.69, 9.17) is 15.3 Å². The van der Waals surface area contributed by atoms with Gasteiger partial charge in [0.2, 0.25) is 0 Å². The predicted molar refractivity (Wildman–Crippen MR) is 74.1 cm³/mol. The first-order valence-corrected chi connectivity index (χ1v) is 5.38. The summed E-state index contributed by atoms with van der Waals surface area (Å²) in [5.41, 5.74) is -1.67. The Hall–Kier alpha value is 1.07. The second-order valence-corrected chi connectivity index (χ2v) is 4.62. The molecule has 0 aromatic heterocycles. The van der Waals surface area contributed by atoms with Crippen LogP contribution in [0.1, 0.15) is 12.8 Å². The Morgan fingerprint density at radius 1 is 0.909 bits per heavy atom. The van der Waals surface area contributed by atoms with Crippen molar-refractivity contribution in [2.75, 3.05) is 19.6 Å². The average Bonchev–Trinajstić information content (AvgIpc) is 2.93. The van der Waals surface area contributed by atoms with Crippen LogP contribution in [0.4, 0.5) is 0 Å². The van der Waals surface area contributed by atoms with Crippen LogP contribution >= 0.6 is 0 Å². The van der Waals surface area contributed by atoms with Gasteiger partial charge < -0.3 is 31.4 Å². The van der Waals surface area contributed by atoms with Crippen molar-refractivity contribution in [1.29, 1.82) is 0 Å². The zero-order valence-electron chi connectivity index (χ0n) is 10.6. The zero-order chi connectivity index (χ0) is 14.8. The van der Waals surface area contributed by atoms with Gasteiger partial charge in [0.25, 0.3) is 0 Å². The second-order valence-electron chi connectivity index (χ2n) is 4.62. The third kappa shape index (κ3) is 6.52. The molecular weight excluding hydrogens is 354 g/mol. The fourth-order valence-corrected chi connectivity index (χ4v) is 2.40. The van der Waals surface area contributed by atoms with E-state index in [1.807, 2.05) is 0 Å². The summed E-state index contributed by atoms with van der Waals surface area (Å²) in [7, 11) is 0. The monoisotopic (exact) mass is 372 g/mol. The Morgan fingerprint density at radius 2 is 1.27 bits per heavy atom. The van der Waals surface area contributed by atoms with Crippen LogP contribution in [-0.4, -0.2) is 172 Å². The Kier molecular flexibility index (Phi) is 13.7. The number of hydrogen-bond acceptors (Lipinski definition) is 6. The van der Waals surface area contributed by atoms with Crippen molar-refractivity contribution in [3.05, 3.63) is 0 Å². The van der Waals surface area contributed by atoms with Crippen LogP contribution in [0, 0.1) is 0 Å². The molecule has 1 aliphatic carbocycles. The van der Waals surface area contributed by atoms with Gasteiger partial charge >= 0.3 is 121 Å². The van der Waals surface area contributed by atoms with Crippen LogP contribution in [0.3, 0.4) is 0 Å². The predicted octanol–water partition coefficient (Wildman–Crippen LogP) is -3.80. The molecule has 0 aromatic rings. The molecule has 0 radical (unpaired) electrons. The van der Waals surface area contributed by atoms with Crippen molar-refractivity contribution < 1.29 is 44.1 Å². The van der Waals surface area contributed by atoms with Gasteiger partial charge in [0.15, 0.2) is 18.6 Å². The maximum absolute atomic E-state index is 11.3. The summed E-state index contributed by atoms with van der Waals surface area (Å²) >= 11 is 0. The van der Waals surface area contributed by atoms with Crippen molar-refractivity contribution >= 4 is 127 Å². The molecule has 0 atom stereocenters. The van der Waals surface area contributed by atoms with Crippen molar-refractivity contribution in [2.24, 2.45) is 0 Å². The van der Waals surface area contributed by atoms with Crippen molar-refractivity contribution in [3.8, 4) is 0 Å². The Bertz CT molecular complexity index is 411. The van der Waals surface area contributed by atoms with Gasteiger partial charge in [-0.15, -0.1) is 0 Å². The van der Waals surface area contributed by atoms with Gasteiger partial charge in [-0.2, -0.15) is 0 Å². The molecule has 6 N–H and O–H groups in total. The Morgan fingerprint density at radius 3 is 1.45 bits per heavy atom. The number of carbonyl (C=O) groups excluding carboxylic acids is 1. The van der Waals surface area contributed by atoms with Crippen molar-refractivity contribution in [3.63, 3.8) is 0 Å². The minimum atomic E-state index is -1.69. The molecule has 22 heavy (non-hydrogen) atoms. The summed E-state index contributed by atoms with van der Waals surface area (Å²) in [6, 6.07) is 0. The molecule has 0 aliphatic heterocycles. The fraction of sp³-hybridized carbons (Fsp3) is 0.600. The van der Waals surface area contributed by atoms with E-state index < -0.39 is 53.5 Å². The summed E-state index contributed by atoms with van der Waals surface area (Å²) < 4.78 is -1.07. The molecule has 118 valence electrons. The van der Waals surface area contributed by atoms with E-state index in [-0.39, 0.29) is 122 Å². The SMILES string of the molecule is N.O=C([O-])C[N+](CC(=O)O)(CC(=O)O)C1(C(=O)O)CC1.[KH].[KH]. The number of aliphatic carboxylic acids is 4. The molecule has 0 unspecified atom stereocenters. The molecule has 1 saturated carbocycles. The van der Waals surface area contributed by atoms with Crippen LogP contribution in [0.15, 0.2) is 0 Å². The van der Waals surface area contributed by atoms with E-state index in [0.29, 0.717) is 0 Å². The van der Waals surface area contributed by atoms with E-state index >= 15 is 0 Å². The number of quaternary nitrogens is 1. The van der Waals surface area contributed by atoms with Gasteiger partial charge in [0.1, 0.15) is 6.54 Å². The first-order chi connectivity index (χ1) is 8.65. The van der Waals surface area contributed by atoms with E-state index in [9.17, 15) is 24.3 Å². The normalized spacial score (nSPS) is 14.4. The summed E-state index contributed by atoms with van der Waals surface area (Å²) in [6.07, 6.45) is 0.0757. The van der Waals surface area contributed by atoms with Crippen molar-refractivity contribution in [2.45, 2.75) is 18.4 Å². The molecule has 0 spiro atoms. The zero-order valence-corrected chi connectivity index (χ0v) is 10.6. The van der Waals surface area contributed by atoms with E-state index in [0.717, 1.165) is 0 Å². The van der Waals surface area contributed by atoms with Gasteiger partial charge in [0, 0.05) is 12.8 Å². The van der Waals surface area contributed by atoms with Gasteiger partial charge in [-0.3, -0.25) is 4.48 Å². The number of carboxylic acid groups (broad SMARTS) is 4. The first-order valence-electron chi connectivity index (χ1n) is 5.38. The van der Waals surface area contributed by atoms with Crippen molar-refractivity contribution in [1.82, 2.24) is 6.15 Å². The standard InChI is InChI=1S/C10H13NO8.2K.H3N.2H/c12-6(13)3-11(4-7(14)15,5-8(16)17)10(1-2-10)9(18)19;;;;;/h1-5H2,(H3-,12,13,14,15,16,17,18,19);;;1H3;;. The summed E-state index contributed by atoms with van der Waals surface area (Å²) in [5.74, 6) is -6.00. The molecular formula is C10H18K2N2O8. The molecule has 1 aliphatic rings. The molecule has 0 bridgehead atoms. The van der Waals surface area contributed by atoms with Crippen LogP contribution in [-0.2, 0) is 19.2 Å². The summed E-state index contributed by atoms with van der Waals surface area (Å²) in [4.78, 5) is 43.7. The van der Waals surface area contributed by atoms with Gasteiger partial charge in [-0.1, -0.05) is 0 Å². The number of nitrogens with zero attached hydrogens (tertiary/aromatic N) is 1. The molecule has 0 amide bonds. The van der Waals surface area contributed by atoms with Crippen LogP contribution in [0.25, 0.3) is 0 Å².